The van der Waals surface area contributed by atoms with Gasteiger partial charge in [0.15, 0.2) is 5.78 Å². The van der Waals surface area contributed by atoms with E-state index in [0.717, 1.165) is 21.1 Å². The van der Waals surface area contributed by atoms with Crippen LogP contribution in [0.3, 0.4) is 0 Å². The average Bonchev–Trinajstić information content (AvgIpc) is 3.38. The highest BCUT2D eigenvalue weighted by Gasteiger charge is 2.38. The number of carbonyl (C=O) groups excluding carboxylic acids is 5. The third-order valence-corrected chi connectivity index (χ3v) is 7.19. The fourth-order valence-corrected chi connectivity index (χ4v) is 5.02. The van der Waals surface area contributed by atoms with Crippen molar-refractivity contribution < 1.29 is 33.4 Å². The lowest BCUT2D eigenvalue weighted by molar-refractivity contribution is 0.0692. The van der Waals surface area contributed by atoms with Crippen LogP contribution in [0.1, 0.15) is 62.9 Å². The first-order valence-corrected chi connectivity index (χ1v) is 13.2. The molecule has 0 saturated heterocycles. The number of carbonyl (C=O) groups is 5. The molecule has 0 radical (unpaired) electrons. The molecule has 2 heterocycles. The van der Waals surface area contributed by atoms with Crippen LogP contribution < -0.4 is 14.4 Å². The Bertz CT molecular complexity index is 1830. The third-order valence-electron chi connectivity index (χ3n) is 7.19. The van der Waals surface area contributed by atoms with Crippen molar-refractivity contribution in [3.05, 3.63) is 124 Å². The predicted molar refractivity (Wildman–Crippen MR) is 152 cm³/mol. The molecule has 2 aliphatic heterocycles. The molecular formula is C33H24N2O7. The normalized spacial score (nSPS) is 13.9. The van der Waals surface area contributed by atoms with Crippen molar-refractivity contribution in [1.82, 2.24) is 4.90 Å². The number of hydrogen-bond donors (Lipinski definition) is 0. The molecule has 0 aliphatic carbocycles. The van der Waals surface area contributed by atoms with E-state index >= 15 is 0 Å². The van der Waals surface area contributed by atoms with Crippen LogP contribution in [0.25, 0.3) is 0 Å². The van der Waals surface area contributed by atoms with E-state index in [1.165, 1.54) is 43.4 Å². The molecule has 6 rings (SSSR count). The molecule has 0 fully saturated rings. The number of amides is 4. The summed E-state index contributed by atoms with van der Waals surface area (Å²) in [5, 5.41) is 0. The van der Waals surface area contributed by atoms with E-state index in [0.29, 0.717) is 18.0 Å². The molecule has 9 nitrogen and oxygen atoms in total. The van der Waals surface area contributed by atoms with E-state index in [1.54, 1.807) is 24.3 Å². The Morgan fingerprint density at radius 3 is 1.79 bits per heavy atom. The molecule has 0 atom stereocenters. The van der Waals surface area contributed by atoms with Crippen molar-refractivity contribution in [2.24, 2.45) is 0 Å². The largest absolute Gasteiger partial charge is 0.490 e. The molecule has 0 unspecified atom stereocenters. The van der Waals surface area contributed by atoms with Gasteiger partial charge in [0.25, 0.3) is 23.6 Å². The number of ketones is 1. The van der Waals surface area contributed by atoms with Gasteiger partial charge < -0.3 is 9.47 Å². The molecule has 0 spiro atoms. The maximum absolute atomic E-state index is 13.4. The van der Waals surface area contributed by atoms with Gasteiger partial charge in [-0.05, 0) is 61.0 Å². The molecule has 2 aliphatic rings. The van der Waals surface area contributed by atoms with Gasteiger partial charge in [-0.15, -0.1) is 0 Å². The van der Waals surface area contributed by atoms with Gasteiger partial charge in [0.05, 0.1) is 27.9 Å². The SMILES string of the molecule is Cc1cccc(OCCOc2cccc(N3C(=O)c4ccc(C(=O)c5ccc6c(c5)C(=O)N(C)C6=O)cc4C3=O)c2)c1. The summed E-state index contributed by atoms with van der Waals surface area (Å²) < 4.78 is 11.5. The topological polar surface area (TPSA) is 110 Å². The van der Waals surface area contributed by atoms with Crippen molar-refractivity contribution >= 4 is 35.1 Å². The summed E-state index contributed by atoms with van der Waals surface area (Å²) in [5.74, 6) is -1.25. The first kappa shape index (κ1) is 26.6. The molecule has 208 valence electrons. The van der Waals surface area contributed by atoms with E-state index in [4.69, 9.17) is 9.47 Å². The number of fused-ring (bicyclic) bond motifs is 2. The van der Waals surface area contributed by atoms with Crippen LogP contribution in [0.4, 0.5) is 5.69 Å². The van der Waals surface area contributed by atoms with Crippen LogP contribution in [-0.4, -0.2) is 54.6 Å². The fraction of sp³-hybridized carbons (Fsp3) is 0.121. The molecule has 0 saturated carbocycles. The van der Waals surface area contributed by atoms with Gasteiger partial charge in [-0.25, -0.2) is 4.90 Å². The highest BCUT2D eigenvalue weighted by Crippen LogP contribution is 2.32. The number of anilines is 1. The van der Waals surface area contributed by atoms with Gasteiger partial charge in [-0.1, -0.05) is 30.3 Å². The van der Waals surface area contributed by atoms with Crippen molar-refractivity contribution in [2.75, 3.05) is 25.2 Å². The third kappa shape index (κ3) is 4.60. The summed E-state index contributed by atoms with van der Waals surface area (Å²) in [6.45, 7) is 2.54. The standard InChI is InChI=1S/C33H24N2O7/c1-19-5-3-7-23(15-19)41-13-14-42-24-8-4-6-22(18-24)35-32(39)26-12-10-21(17-28(26)33(35)40)29(36)20-9-11-25-27(16-20)31(38)34(2)30(25)37/h3-12,15-18H,13-14H2,1-2H3. The van der Waals surface area contributed by atoms with Gasteiger partial charge in [0, 0.05) is 24.2 Å². The molecule has 9 heteroatoms. The summed E-state index contributed by atoms with van der Waals surface area (Å²) in [7, 11) is 1.38. The molecular weight excluding hydrogens is 536 g/mol. The maximum atomic E-state index is 13.4. The molecule has 4 aromatic carbocycles. The smallest absolute Gasteiger partial charge is 0.266 e. The van der Waals surface area contributed by atoms with Crippen LogP contribution in [0.5, 0.6) is 11.5 Å². The van der Waals surface area contributed by atoms with Gasteiger partial charge in [0.2, 0.25) is 0 Å². The summed E-state index contributed by atoms with van der Waals surface area (Å²) >= 11 is 0. The molecule has 0 aromatic heterocycles. The summed E-state index contributed by atoms with van der Waals surface area (Å²) in [6.07, 6.45) is 0. The van der Waals surface area contributed by atoms with Crippen LogP contribution in [0.2, 0.25) is 0 Å². The Hall–Kier alpha value is -5.57. The number of nitrogens with zero attached hydrogens (tertiary/aromatic N) is 2. The number of hydrogen-bond acceptors (Lipinski definition) is 7. The van der Waals surface area contributed by atoms with Gasteiger partial charge in [0.1, 0.15) is 24.7 Å². The maximum Gasteiger partial charge on any atom is 0.266 e. The Kier molecular flexibility index (Phi) is 6.62. The zero-order chi connectivity index (χ0) is 29.5. The summed E-state index contributed by atoms with van der Waals surface area (Å²) in [5.41, 5.74) is 2.43. The van der Waals surface area contributed by atoms with E-state index in [2.05, 4.69) is 0 Å². The minimum atomic E-state index is -0.569. The van der Waals surface area contributed by atoms with Crippen molar-refractivity contribution in [3.63, 3.8) is 0 Å². The van der Waals surface area contributed by atoms with Crippen LogP contribution in [0, 0.1) is 6.92 Å². The Labute approximate surface area is 240 Å². The number of aryl methyl sites for hydroxylation is 1. The average molecular weight is 561 g/mol. The van der Waals surface area contributed by atoms with E-state index in [9.17, 15) is 24.0 Å². The van der Waals surface area contributed by atoms with Crippen LogP contribution >= 0.6 is 0 Å². The molecule has 42 heavy (non-hydrogen) atoms. The van der Waals surface area contributed by atoms with Gasteiger partial charge >= 0.3 is 0 Å². The Morgan fingerprint density at radius 2 is 1.14 bits per heavy atom. The molecule has 0 N–H and O–H groups in total. The second-order valence-corrected chi connectivity index (χ2v) is 9.98. The number of ether oxygens (including phenoxy) is 2. The van der Waals surface area contributed by atoms with E-state index in [-0.39, 0.29) is 40.0 Å². The summed E-state index contributed by atoms with van der Waals surface area (Å²) in [4.78, 5) is 66.5. The Balaban J connectivity index is 1.17. The van der Waals surface area contributed by atoms with Gasteiger partial charge in [-0.2, -0.15) is 0 Å². The molecule has 4 aromatic rings. The number of imide groups is 2. The lowest BCUT2D eigenvalue weighted by Gasteiger charge is -2.15. The zero-order valence-electron chi connectivity index (χ0n) is 22.7. The molecule has 4 amide bonds. The predicted octanol–water partition coefficient (Wildman–Crippen LogP) is 4.71. The quantitative estimate of drug-likeness (QED) is 0.174. The highest BCUT2D eigenvalue weighted by atomic mass is 16.5. The lowest BCUT2D eigenvalue weighted by atomic mass is 9.96. The first-order chi connectivity index (χ1) is 20.2. The number of benzene rings is 4. The van der Waals surface area contributed by atoms with E-state index < -0.39 is 29.4 Å². The zero-order valence-corrected chi connectivity index (χ0v) is 22.7. The fourth-order valence-electron chi connectivity index (χ4n) is 5.02. The van der Waals surface area contributed by atoms with Crippen LogP contribution in [0.15, 0.2) is 84.9 Å². The van der Waals surface area contributed by atoms with Crippen molar-refractivity contribution in [3.8, 4) is 11.5 Å². The Morgan fingerprint density at radius 1 is 0.619 bits per heavy atom. The van der Waals surface area contributed by atoms with Crippen LogP contribution in [-0.2, 0) is 0 Å². The number of rotatable bonds is 8. The first-order valence-electron chi connectivity index (χ1n) is 13.2. The minimum absolute atomic E-state index is 0.0934. The van der Waals surface area contributed by atoms with Gasteiger partial charge in [-0.3, -0.25) is 28.9 Å². The summed E-state index contributed by atoms with van der Waals surface area (Å²) in [6, 6.07) is 22.9. The minimum Gasteiger partial charge on any atom is -0.490 e. The second-order valence-electron chi connectivity index (χ2n) is 9.98. The second kappa shape index (κ2) is 10.4. The lowest BCUT2D eigenvalue weighted by Crippen LogP contribution is -2.29. The monoisotopic (exact) mass is 560 g/mol. The van der Waals surface area contributed by atoms with Crippen molar-refractivity contribution in [1.29, 1.82) is 0 Å². The van der Waals surface area contributed by atoms with E-state index in [1.807, 2.05) is 31.2 Å². The van der Waals surface area contributed by atoms with Crippen molar-refractivity contribution in [2.45, 2.75) is 6.92 Å². The molecule has 0 bridgehead atoms. The highest BCUT2D eigenvalue weighted by molar-refractivity contribution is 6.35.